The molecule has 1 unspecified atom stereocenters. The molecule has 3 heteroatoms. The Bertz CT molecular complexity index is 577. The summed E-state index contributed by atoms with van der Waals surface area (Å²) in [5, 5.41) is -0.514. The largest absolute Gasteiger partial charge is 0.457 e. The van der Waals surface area contributed by atoms with Crippen LogP contribution < -0.4 is 4.74 Å². The van der Waals surface area contributed by atoms with E-state index in [9.17, 15) is 4.79 Å². The molecule has 0 aliphatic carbocycles. The Morgan fingerprint density at radius 2 is 1.79 bits per heavy atom. The van der Waals surface area contributed by atoms with Gasteiger partial charge >= 0.3 is 0 Å². The number of ketones is 1. The SMILES string of the molecule is Cc1cc(Oc2ccccc2)ccc1C(=O)C(C)Cl. The lowest BCUT2D eigenvalue weighted by atomic mass is 10.0. The second kappa shape index (κ2) is 5.89. The van der Waals surface area contributed by atoms with Crippen LogP contribution in [0.25, 0.3) is 0 Å². The van der Waals surface area contributed by atoms with Gasteiger partial charge in [0.05, 0.1) is 5.38 Å². The van der Waals surface area contributed by atoms with Crippen LogP contribution in [0.15, 0.2) is 48.5 Å². The molecule has 2 aromatic rings. The number of rotatable bonds is 4. The van der Waals surface area contributed by atoms with E-state index >= 15 is 0 Å². The van der Waals surface area contributed by atoms with Gasteiger partial charge in [-0.05, 0) is 49.7 Å². The van der Waals surface area contributed by atoms with E-state index in [-0.39, 0.29) is 5.78 Å². The minimum Gasteiger partial charge on any atom is -0.457 e. The quantitative estimate of drug-likeness (QED) is 0.602. The molecule has 0 bridgehead atoms. The lowest BCUT2D eigenvalue weighted by Gasteiger charge is -2.10. The zero-order chi connectivity index (χ0) is 13.8. The number of Topliss-reactive ketones (excluding diaryl/α,β-unsaturated/α-hetero) is 1. The second-order valence-electron chi connectivity index (χ2n) is 4.37. The summed E-state index contributed by atoms with van der Waals surface area (Å²) in [6.07, 6.45) is 0. The first kappa shape index (κ1) is 13.6. The van der Waals surface area contributed by atoms with Gasteiger partial charge in [0.15, 0.2) is 5.78 Å². The molecule has 0 N–H and O–H groups in total. The van der Waals surface area contributed by atoms with Gasteiger partial charge in [-0.25, -0.2) is 0 Å². The van der Waals surface area contributed by atoms with Crippen molar-refractivity contribution in [3.63, 3.8) is 0 Å². The number of alkyl halides is 1. The lowest BCUT2D eigenvalue weighted by Crippen LogP contribution is -2.11. The summed E-state index contributed by atoms with van der Waals surface area (Å²) >= 11 is 5.82. The van der Waals surface area contributed by atoms with Gasteiger partial charge in [-0.3, -0.25) is 4.79 Å². The van der Waals surface area contributed by atoms with E-state index < -0.39 is 5.38 Å². The summed E-state index contributed by atoms with van der Waals surface area (Å²) in [7, 11) is 0. The lowest BCUT2D eigenvalue weighted by molar-refractivity contribution is 0.0991. The van der Waals surface area contributed by atoms with Crippen LogP contribution in [0.4, 0.5) is 0 Å². The van der Waals surface area contributed by atoms with Crippen LogP contribution in [0.1, 0.15) is 22.8 Å². The van der Waals surface area contributed by atoms with Crippen molar-refractivity contribution in [1.82, 2.24) is 0 Å². The fourth-order valence-electron chi connectivity index (χ4n) is 1.82. The highest BCUT2D eigenvalue weighted by Gasteiger charge is 2.15. The van der Waals surface area contributed by atoms with Crippen molar-refractivity contribution in [1.29, 1.82) is 0 Å². The van der Waals surface area contributed by atoms with Crippen molar-refractivity contribution in [3.05, 3.63) is 59.7 Å². The summed E-state index contributed by atoms with van der Waals surface area (Å²) < 4.78 is 5.71. The Morgan fingerprint density at radius 1 is 1.11 bits per heavy atom. The predicted octanol–water partition coefficient (Wildman–Crippen LogP) is 4.60. The minimum atomic E-state index is -0.514. The van der Waals surface area contributed by atoms with Gasteiger partial charge in [0.25, 0.3) is 0 Å². The van der Waals surface area contributed by atoms with Crippen LogP contribution in [0.2, 0.25) is 0 Å². The number of hydrogen-bond donors (Lipinski definition) is 0. The zero-order valence-electron chi connectivity index (χ0n) is 10.9. The molecule has 1 atom stereocenters. The molecule has 2 aromatic carbocycles. The first-order valence-corrected chi connectivity index (χ1v) is 6.53. The maximum absolute atomic E-state index is 11.9. The molecule has 0 radical (unpaired) electrons. The summed E-state index contributed by atoms with van der Waals surface area (Å²) in [4.78, 5) is 11.9. The summed E-state index contributed by atoms with van der Waals surface area (Å²) in [6.45, 7) is 3.56. The highest BCUT2D eigenvalue weighted by atomic mass is 35.5. The third-order valence-electron chi connectivity index (χ3n) is 2.80. The Kier molecular flexibility index (Phi) is 4.23. The number of benzene rings is 2. The smallest absolute Gasteiger partial charge is 0.180 e. The van der Waals surface area contributed by atoms with E-state index in [0.29, 0.717) is 11.3 Å². The molecule has 0 heterocycles. The van der Waals surface area contributed by atoms with Crippen molar-refractivity contribution in [2.75, 3.05) is 0 Å². The van der Waals surface area contributed by atoms with Gasteiger partial charge in [-0.1, -0.05) is 18.2 Å². The molecule has 19 heavy (non-hydrogen) atoms. The van der Waals surface area contributed by atoms with Gasteiger partial charge in [-0.15, -0.1) is 11.6 Å². The summed E-state index contributed by atoms with van der Waals surface area (Å²) in [5.74, 6) is 1.42. The van der Waals surface area contributed by atoms with E-state index in [1.54, 1.807) is 19.1 Å². The maximum Gasteiger partial charge on any atom is 0.180 e. The molecule has 0 saturated heterocycles. The predicted molar refractivity (Wildman–Crippen MR) is 77.3 cm³/mol. The molecule has 0 spiro atoms. The van der Waals surface area contributed by atoms with E-state index in [4.69, 9.17) is 16.3 Å². The molecular formula is C16H15ClO2. The summed E-state index contributed by atoms with van der Waals surface area (Å²) in [5.41, 5.74) is 1.51. The van der Waals surface area contributed by atoms with Crippen LogP contribution in [-0.4, -0.2) is 11.2 Å². The van der Waals surface area contributed by atoms with E-state index in [1.165, 1.54) is 0 Å². The Labute approximate surface area is 118 Å². The van der Waals surface area contributed by atoms with Crippen LogP contribution in [-0.2, 0) is 0 Å². The van der Waals surface area contributed by atoms with Crippen molar-refractivity contribution in [2.45, 2.75) is 19.2 Å². The van der Waals surface area contributed by atoms with Crippen LogP contribution in [0.3, 0.4) is 0 Å². The van der Waals surface area contributed by atoms with Gasteiger partial charge in [0.1, 0.15) is 11.5 Å². The first-order chi connectivity index (χ1) is 9.08. The van der Waals surface area contributed by atoms with E-state index in [1.807, 2.05) is 43.3 Å². The molecule has 0 amide bonds. The number of hydrogen-bond acceptors (Lipinski definition) is 2. The average Bonchev–Trinajstić information content (AvgIpc) is 2.39. The summed E-state index contributed by atoms with van der Waals surface area (Å²) in [6, 6.07) is 14.9. The van der Waals surface area contributed by atoms with Crippen molar-refractivity contribution in [2.24, 2.45) is 0 Å². The van der Waals surface area contributed by atoms with Crippen molar-refractivity contribution < 1.29 is 9.53 Å². The Hall–Kier alpha value is -1.80. The van der Waals surface area contributed by atoms with E-state index in [2.05, 4.69) is 0 Å². The first-order valence-electron chi connectivity index (χ1n) is 6.10. The molecule has 0 saturated carbocycles. The molecular weight excluding hydrogens is 260 g/mol. The number of ether oxygens (including phenoxy) is 1. The van der Waals surface area contributed by atoms with Crippen LogP contribution >= 0.6 is 11.6 Å². The zero-order valence-corrected chi connectivity index (χ0v) is 11.6. The number of para-hydroxylation sites is 1. The maximum atomic E-state index is 11.9. The Balaban J connectivity index is 2.22. The molecule has 0 aromatic heterocycles. The highest BCUT2D eigenvalue weighted by Crippen LogP contribution is 2.24. The van der Waals surface area contributed by atoms with Crippen LogP contribution in [0.5, 0.6) is 11.5 Å². The standard InChI is InChI=1S/C16H15ClO2/c1-11-10-14(19-13-6-4-3-5-7-13)8-9-15(11)16(18)12(2)17/h3-10,12H,1-2H3. The molecule has 0 aliphatic rings. The molecule has 2 rings (SSSR count). The molecule has 0 fully saturated rings. The average molecular weight is 275 g/mol. The molecule has 0 aliphatic heterocycles. The van der Waals surface area contributed by atoms with Gasteiger partial charge in [0.2, 0.25) is 0 Å². The molecule has 98 valence electrons. The molecule has 2 nitrogen and oxygen atoms in total. The fourth-order valence-corrected chi connectivity index (χ4v) is 1.93. The second-order valence-corrected chi connectivity index (χ2v) is 5.03. The monoisotopic (exact) mass is 274 g/mol. The third-order valence-corrected chi connectivity index (χ3v) is 3.00. The topological polar surface area (TPSA) is 26.3 Å². The highest BCUT2D eigenvalue weighted by molar-refractivity contribution is 6.33. The Morgan fingerprint density at radius 3 is 2.37 bits per heavy atom. The number of halogens is 1. The van der Waals surface area contributed by atoms with Crippen LogP contribution in [0, 0.1) is 6.92 Å². The number of carbonyl (C=O) groups is 1. The third kappa shape index (κ3) is 3.36. The number of aryl methyl sites for hydroxylation is 1. The minimum absolute atomic E-state index is 0.0644. The van der Waals surface area contributed by atoms with Gasteiger partial charge in [0, 0.05) is 5.56 Å². The van der Waals surface area contributed by atoms with Gasteiger partial charge in [-0.2, -0.15) is 0 Å². The fraction of sp³-hybridized carbons (Fsp3) is 0.188. The van der Waals surface area contributed by atoms with Crippen molar-refractivity contribution >= 4 is 17.4 Å². The van der Waals surface area contributed by atoms with Gasteiger partial charge < -0.3 is 4.74 Å². The normalized spacial score (nSPS) is 11.9. The van der Waals surface area contributed by atoms with Crippen molar-refractivity contribution in [3.8, 4) is 11.5 Å². The van der Waals surface area contributed by atoms with E-state index in [0.717, 1.165) is 11.3 Å². The number of carbonyl (C=O) groups excluding carboxylic acids is 1.